The molecule has 0 saturated heterocycles. The molecule has 2 N–H and O–H groups in total. The third-order valence-corrected chi connectivity index (χ3v) is 2.16. The molecule has 5 heteroatoms. The highest BCUT2D eigenvalue weighted by Gasteiger charge is 2.16. The molecule has 0 atom stereocenters. The lowest BCUT2D eigenvalue weighted by Crippen LogP contribution is -1.96. The van der Waals surface area contributed by atoms with Crippen LogP contribution in [0, 0.1) is 0 Å². The van der Waals surface area contributed by atoms with E-state index in [9.17, 15) is 4.79 Å². The van der Waals surface area contributed by atoms with Crippen LogP contribution in [0.4, 0.5) is 0 Å². The number of aromatic nitrogens is 3. The summed E-state index contributed by atoms with van der Waals surface area (Å²) in [6.45, 7) is 4.07. The average molecular weight is 217 g/mol. The Morgan fingerprint density at radius 2 is 2.50 bits per heavy atom. The first-order valence-corrected chi connectivity index (χ1v) is 4.77. The highest BCUT2D eigenvalue weighted by atomic mass is 16.4. The van der Waals surface area contributed by atoms with E-state index in [0.717, 1.165) is 0 Å². The van der Waals surface area contributed by atoms with Gasteiger partial charge in [0, 0.05) is 12.4 Å². The van der Waals surface area contributed by atoms with Crippen LogP contribution in [0.2, 0.25) is 0 Å². The monoisotopic (exact) mass is 217 g/mol. The van der Waals surface area contributed by atoms with Crippen LogP contribution in [0.5, 0.6) is 0 Å². The third kappa shape index (κ3) is 1.75. The highest BCUT2D eigenvalue weighted by molar-refractivity contribution is 5.94. The van der Waals surface area contributed by atoms with E-state index in [1.165, 1.54) is 6.20 Å². The Balaban J connectivity index is 2.50. The highest BCUT2D eigenvalue weighted by Crippen LogP contribution is 2.20. The second-order valence-electron chi connectivity index (χ2n) is 3.29. The Morgan fingerprint density at radius 1 is 1.69 bits per heavy atom. The van der Waals surface area contributed by atoms with E-state index in [2.05, 4.69) is 16.7 Å². The van der Waals surface area contributed by atoms with Crippen molar-refractivity contribution in [1.82, 2.24) is 14.8 Å². The van der Waals surface area contributed by atoms with Gasteiger partial charge in [-0.3, -0.25) is 4.68 Å². The first kappa shape index (κ1) is 10.2. The molecule has 0 saturated carbocycles. The summed E-state index contributed by atoms with van der Waals surface area (Å²) in [5, 5.41) is 13.2. The Hall–Kier alpha value is -2.30. The number of aromatic amines is 1. The number of carboxylic acids is 1. The van der Waals surface area contributed by atoms with E-state index in [1.54, 1.807) is 29.1 Å². The smallest absolute Gasteiger partial charge is 0.339 e. The Bertz CT molecular complexity index is 511. The molecule has 2 rings (SSSR count). The van der Waals surface area contributed by atoms with E-state index in [-0.39, 0.29) is 5.56 Å². The molecule has 2 aromatic rings. The zero-order valence-corrected chi connectivity index (χ0v) is 8.55. The van der Waals surface area contributed by atoms with Gasteiger partial charge in [0.15, 0.2) is 0 Å². The van der Waals surface area contributed by atoms with Crippen LogP contribution in [-0.2, 0) is 6.54 Å². The Morgan fingerprint density at radius 3 is 3.06 bits per heavy atom. The van der Waals surface area contributed by atoms with Crippen molar-refractivity contribution in [3.05, 3.63) is 42.7 Å². The van der Waals surface area contributed by atoms with Crippen LogP contribution in [0.25, 0.3) is 11.4 Å². The topological polar surface area (TPSA) is 70.9 Å². The average Bonchev–Trinajstić information content (AvgIpc) is 2.83. The third-order valence-electron chi connectivity index (χ3n) is 2.16. The van der Waals surface area contributed by atoms with Crippen LogP contribution >= 0.6 is 0 Å². The number of H-pyrrole nitrogens is 1. The summed E-state index contributed by atoms with van der Waals surface area (Å²) >= 11 is 0. The number of rotatable bonds is 4. The second-order valence-corrected chi connectivity index (χ2v) is 3.29. The summed E-state index contributed by atoms with van der Waals surface area (Å²) in [7, 11) is 0. The van der Waals surface area contributed by atoms with Gasteiger partial charge in [-0.2, -0.15) is 5.10 Å². The number of nitrogens with zero attached hydrogens (tertiary/aromatic N) is 2. The first-order chi connectivity index (χ1) is 7.72. The lowest BCUT2D eigenvalue weighted by Gasteiger charge is -1.94. The zero-order chi connectivity index (χ0) is 11.5. The predicted molar refractivity (Wildman–Crippen MR) is 59.2 cm³/mol. The van der Waals surface area contributed by atoms with Gasteiger partial charge >= 0.3 is 5.97 Å². The fourth-order valence-electron chi connectivity index (χ4n) is 1.48. The van der Waals surface area contributed by atoms with Gasteiger partial charge in [-0.1, -0.05) is 6.08 Å². The maximum Gasteiger partial charge on any atom is 0.339 e. The minimum atomic E-state index is -0.986. The van der Waals surface area contributed by atoms with E-state index >= 15 is 0 Å². The largest absolute Gasteiger partial charge is 0.478 e. The van der Waals surface area contributed by atoms with Crippen LogP contribution in [0.15, 0.2) is 37.2 Å². The Labute approximate surface area is 92.0 Å². The van der Waals surface area contributed by atoms with E-state index in [4.69, 9.17) is 5.11 Å². The van der Waals surface area contributed by atoms with E-state index in [0.29, 0.717) is 17.9 Å². The maximum atomic E-state index is 11.0. The normalized spacial score (nSPS) is 10.2. The fourth-order valence-corrected chi connectivity index (χ4v) is 1.48. The van der Waals surface area contributed by atoms with Gasteiger partial charge in [-0.15, -0.1) is 6.58 Å². The summed E-state index contributed by atoms with van der Waals surface area (Å²) in [4.78, 5) is 14.0. The lowest BCUT2D eigenvalue weighted by molar-refractivity contribution is 0.0697. The van der Waals surface area contributed by atoms with Crippen molar-refractivity contribution in [3.63, 3.8) is 0 Å². The summed E-state index contributed by atoms with van der Waals surface area (Å²) in [5.41, 5.74) is 1.32. The first-order valence-electron chi connectivity index (χ1n) is 4.77. The fraction of sp³-hybridized carbons (Fsp3) is 0.0909. The van der Waals surface area contributed by atoms with Gasteiger partial charge < -0.3 is 10.1 Å². The second kappa shape index (κ2) is 4.06. The minimum Gasteiger partial charge on any atom is -0.478 e. The number of carbonyl (C=O) groups is 1. The summed E-state index contributed by atoms with van der Waals surface area (Å²) in [6, 6.07) is 3.58. The van der Waals surface area contributed by atoms with Gasteiger partial charge in [0.05, 0.1) is 12.2 Å². The maximum absolute atomic E-state index is 11.0. The van der Waals surface area contributed by atoms with Crippen LogP contribution in [0.3, 0.4) is 0 Å². The zero-order valence-electron chi connectivity index (χ0n) is 8.55. The van der Waals surface area contributed by atoms with E-state index in [1.807, 2.05) is 0 Å². The summed E-state index contributed by atoms with van der Waals surface area (Å²) in [5.74, 6) is -0.986. The standard InChI is InChI=1S/C11H11N3O2/c1-2-6-14-7-8(11(15)16)10(13-14)9-4-3-5-12-9/h2-5,7,12H,1,6H2,(H,15,16). The lowest BCUT2D eigenvalue weighted by atomic mass is 10.2. The molecule has 0 aliphatic heterocycles. The number of aromatic carboxylic acids is 1. The molecular weight excluding hydrogens is 206 g/mol. The molecule has 0 amide bonds. The number of hydrogen-bond acceptors (Lipinski definition) is 2. The molecule has 0 aliphatic rings. The Kier molecular flexibility index (Phi) is 2.59. The number of nitrogens with one attached hydrogen (secondary N) is 1. The SMILES string of the molecule is C=CCn1cc(C(=O)O)c(-c2ccc[nH]2)n1. The van der Waals surface area contributed by atoms with Crippen molar-refractivity contribution in [1.29, 1.82) is 0 Å². The van der Waals surface area contributed by atoms with Crippen molar-refractivity contribution in [2.75, 3.05) is 0 Å². The predicted octanol–water partition coefficient (Wildman–Crippen LogP) is 1.76. The molecule has 0 unspecified atom stereocenters. The van der Waals surface area contributed by atoms with Crippen molar-refractivity contribution < 1.29 is 9.90 Å². The van der Waals surface area contributed by atoms with Crippen molar-refractivity contribution in [2.24, 2.45) is 0 Å². The molecule has 5 nitrogen and oxygen atoms in total. The van der Waals surface area contributed by atoms with E-state index < -0.39 is 5.97 Å². The molecular formula is C11H11N3O2. The van der Waals surface area contributed by atoms with Gasteiger partial charge in [-0.25, -0.2) is 4.79 Å². The number of allylic oxidation sites excluding steroid dienone is 1. The molecule has 0 spiro atoms. The molecule has 0 aromatic carbocycles. The van der Waals surface area contributed by atoms with Crippen molar-refractivity contribution >= 4 is 5.97 Å². The van der Waals surface area contributed by atoms with Gasteiger partial charge in [0.2, 0.25) is 0 Å². The van der Waals surface area contributed by atoms with Gasteiger partial charge in [0.25, 0.3) is 0 Å². The molecule has 82 valence electrons. The van der Waals surface area contributed by atoms with Crippen molar-refractivity contribution in [2.45, 2.75) is 6.54 Å². The molecule has 0 aliphatic carbocycles. The van der Waals surface area contributed by atoms with Gasteiger partial charge in [-0.05, 0) is 12.1 Å². The van der Waals surface area contributed by atoms with Crippen LogP contribution in [0.1, 0.15) is 10.4 Å². The molecule has 0 fully saturated rings. The van der Waals surface area contributed by atoms with Gasteiger partial charge in [0.1, 0.15) is 11.3 Å². The molecule has 16 heavy (non-hydrogen) atoms. The number of carboxylic acid groups (broad SMARTS) is 1. The van der Waals surface area contributed by atoms with Crippen LogP contribution in [-0.4, -0.2) is 25.8 Å². The molecule has 0 radical (unpaired) electrons. The van der Waals surface area contributed by atoms with Crippen molar-refractivity contribution in [3.8, 4) is 11.4 Å². The summed E-state index contributed by atoms with van der Waals surface area (Å²) < 4.78 is 1.55. The minimum absolute atomic E-state index is 0.185. The quantitative estimate of drug-likeness (QED) is 0.766. The number of hydrogen-bond donors (Lipinski definition) is 2. The molecule has 2 aromatic heterocycles. The molecule has 0 bridgehead atoms. The molecule has 2 heterocycles. The van der Waals surface area contributed by atoms with Crippen LogP contribution < -0.4 is 0 Å². The summed E-state index contributed by atoms with van der Waals surface area (Å²) in [6.07, 6.45) is 4.89.